The summed E-state index contributed by atoms with van der Waals surface area (Å²) < 4.78 is 2.28. The van der Waals surface area contributed by atoms with Crippen molar-refractivity contribution in [2.75, 3.05) is 18.8 Å². The number of hydrogen-bond acceptors (Lipinski definition) is 3. The van der Waals surface area contributed by atoms with E-state index in [4.69, 9.17) is 0 Å². The zero-order chi connectivity index (χ0) is 17.0. The van der Waals surface area contributed by atoms with Gasteiger partial charge in [0.15, 0.2) is 5.16 Å². The fraction of sp³-hybridized carbons (Fsp3) is 0.778. The Balaban J connectivity index is 1.97. The largest absolute Gasteiger partial charge is 0.341 e. The van der Waals surface area contributed by atoms with E-state index in [2.05, 4.69) is 44.2 Å². The Labute approximate surface area is 145 Å². The molecule has 0 N–H and O–H groups in total. The molecular formula is C18H31N3OS. The van der Waals surface area contributed by atoms with Crippen LogP contribution in [-0.4, -0.2) is 39.2 Å². The number of aromatic nitrogens is 2. The number of carbonyl (C=O) groups excluding carboxylic acids is 1. The van der Waals surface area contributed by atoms with E-state index in [0.29, 0.717) is 17.6 Å². The highest BCUT2D eigenvalue weighted by Crippen LogP contribution is 2.25. The van der Waals surface area contributed by atoms with Crippen LogP contribution < -0.4 is 0 Å². The Bertz CT molecular complexity index is 531. The van der Waals surface area contributed by atoms with Gasteiger partial charge in [-0.3, -0.25) is 4.79 Å². The molecule has 1 aliphatic heterocycles. The average molecular weight is 338 g/mol. The lowest BCUT2D eigenvalue weighted by molar-refractivity contribution is -0.130. The molecule has 1 fully saturated rings. The van der Waals surface area contributed by atoms with Crippen molar-refractivity contribution in [3.8, 4) is 0 Å². The topological polar surface area (TPSA) is 38.1 Å². The molecular weight excluding hydrogens is 306 g/mol. The van der Waals surface area contributed by atoms with Crippen LogP contribution >= 0.6 is 11.8 Å². The van der Waals surface area contributed by atoms with Gasteiger partial charge in [-0.15, -0.1) is 0 Å². The Morgan fingerprint density at radius 3 is 2.52 bits per heavy atom. The number of rotatable bonds is 6. The van der Waals surface area contributed by atoms with Gasteiger partial charge in [0, 0.05) is 25.3 Å². The normalized spacial score (nSPS) is 21.7. The first kappa shape index (κ1) is 18.4. The van der Waals surface area contributed by atoms with Crippen molar-refractivity contribution in [1.82, 2.24) is 14.5 Å². The molecule has 2 atom stereocenters. The van der Waals surface area contributed by atoms with Gasteiger partial charge in [0.2, 0.25) is 5.91 Å². The lowest BCUT2D eigenvalue weighted by Crippen LogP contribution is -2.43. The maximum absolute atomic E-state index is 12.5. The SMILES string of the molecule is CCCCn1c(SCC(=O)N2CC(C)CC(C)C2)nc(C)c1C. The van der Waals surface area contributed by atoms with E-state index >= 15 is 0 Å². The first-order chi connectivity index (χ1) is 10.9. The van der Waals surface area contributed by atoms with Gasteiger partial charge in [-0.05, 0) is 38.5 Å². The van der Waals surface area contributed by atoms with Crippen LogP contribution in [0.15, 0.2) is 5.16 Å². The summed E-state index contributed by atoms with van der Waals surface area (Å²) in [6, 6.07) is 0. The lowest BCUT2D eigenvalue weighted by atomic mass is 9.92. The van der Waals surface area contributed by atoms with Gasteiger partial charge in [0.05, 0.1) is 11.4 Å². The van der Waals surface area contributed by atoms with Crippen molar-refractivity contribution in [3.05, 3.63) is 11.4 Å². The molecule has 4 nitrogen and oxygen atoms in total. The molecule has 2 heterocycles. The predicted molar refractivity (Wildman–Crippen MR) is 96.9 cm³/mol. The molecule has 1 aromatic rings. The fourth-order valence-electron chi connectivity index (χ4n) is 3.40. The zero-order valence-electron chi connectivity index (χ0n) is 15.3. The average Bonchev–Trinajstić information content (AvgIpc) is 2.76. The van der Waals surface area contributed by atoms with Crippen LogP contribution in [0.5, 0.6) is 0 Å². The van der Waals surface area contributed by atoms with Crippen LogP contribution in [0.4, 0.5) is 0 Å². The van der Waals surface area contributed by atoms with Gasteiger partial charge in [-0.1, -0.05) is 39.0 Å². The molecule has 2 rings (SSSR count). The first-order valence-corrected chi connectivity index (χ1v) is 9.85. The summed E-state index contributed by atoms with van der Waals surface area (Å²) in [4.78, 5) is 19.3. The number of carbonyl (C=O) groups is 1. The summed E-state index contributed by atoms with van der Waals surface area (Å²) >= 11 is 1.60. The molecule has 0 radical (unpaired) electrons. The quantitative estimate of drug-likeness (QED) is 0.739. The minimum atomic E-state index is 0.258. The summed E-state index contributed by atoms with van der Waals surface area (Å²) in [6.45, 7) is 13.7. The van der Waals surface area contributed by atoms with E-state index in [9.17, 15) is 4.79 Å². The van der Waals surface area contributed by atoms with Gasteiger partial charge < -0.3 is 9.47 Å². The predicted octanol–water partition coefficient (Wildman–Crippen LogP) is 3.90. The molecule has 1 saturated heterocycles. The number of hydrogen-bond donors (Lipinski definition) is 0. The summed E-state index contributed by atoms with van der Waals surface area (Å²) in [5, 5.41) is 1.000. The molecule has 23 heavy (non-hydrogen) atoms. The standard InChI is InChI=1S/C18H31N3OS/c1-6-7-8-21-16(5)15(4)19-18(21)23-12-17(22)20-10-13(2)9-14(3)11-20/h13-14H,6-12H2,1-5H3. The molecule has 2 unspecified atom stereocenters. The molecule has 0 spiro atoms. The smallest absolute Gasteiger partial charge is 0.233 e. The first-order valence-electron chi connectivity index (χ1n) is 8.86. The molecule has 1 aliphatic rings. The Hall–Kier alpha value is -0.970. The number of thioether (sulfide) groups is 1. The van der Waals surface area contributed by atoms with E-state index in [1.807, 2.05) is 4.90 Å². The Morgan fingerprint density at radius 1 is 1.26 bits per heavy atom. The second-order valence-corrected chi connectivity index (χ2v) is 8.05. The van der Waals surface area contributed by atoms with Crippen LogP contribution in [0.25, 0.3) is 0 Å². The van der Waals surface area contributed by atoms with E-state index < -0.39 is 0 Å². The number of aryl methyl sites for hydroxylation is 1. The highest BCUT2D eigenvalue weighted by Gasteiger charge is 2.25. The number of likely N-dealkylation sites (tertiary alicyclic amines) is 1. The third-order valence-electron chi connectivity index (χ3n) is 4.70. The highest BCUT2D eigenvalue weighted by molar-refractivity contribution is 7.99. The monoisotopic (exact) mass is 337 g/mol. The van der Waals surface area contributed by atoms with Crippen LogP contribution in [-0.2, 0) is 11.3 Å². The molecule has 0 bridgehead atoms. The van der Waals surface area contributed by atoms with Gasteiger partial charge in [-0.25, -0.2) is 4.98 Å². The molecule has 1 aromatic heterocycles. The fourth-order valence-corrected chi connectivity index (χ4v) is 4.42. The minimum Gasteiger partial charge on any atom is -0.341 e. The second kappa shape index (κ2) is 8.22. The number of unbranched alkanes of at least 4 members (excludes halogenated alkanes) is 1. The molecule has 0 aliphatic carbocycles. The van der Waals surface area contributed by atoms with Crippen molar-refractivity contribution in [2.45, 2.75) is 65.6 Å². The van der Waals surface area contributed by atoms with Gasteiger partial charge in [-0.2, -0.15) is 0 Å². The van der Waals surface area contributed by atoms with Crippen LogP contribution in [0, 0.1) is 25.7 Å². The molecule has 130 valence electrons. The summed E-state index contributed by atoms with van der Waals surface area (Å²) in [5.41, 5.74) is 2.31. The Kier molecular flexibility index (Phi) is 6.57. The van der Waals surface area contributed by atoms with Crippen molar-refractivity contribution >= 4 is 17.7 Å². The molecule has 0 aromatic carbocycles. The number of nitrogens with zero attached hydrogens (tertiary/aromatic N) is 3. The second-order valence-electron chi connectivity index (χ2n) is 7.10. The third-order valence-corrected chi connectivity index (χ3v) is 5.67. The van der Waals surface area contributed by atoms with E-state index in [1.165, 1.54) is 18.5 Å². The molecule has 1 amide bonds. The van der Waals surface area contributed by atoms with E-state index in [1.54, 1.807) is 11.8 Å². The molecule has 5 heteroatoms. The van der Waals surface area contributed by atoms with Crippen molar-refractivity contribution in [2.24, 2.45) is 11.8 Å². The van der Waals surface area contributed by atoms with E-state index in [0.717, 1.165) is 36.9 Å². The highest BCUT2D eigenvalue weighted by atomic mass is 32.2. The van der Waals surface area contributed by atoms with Crippen molar-refractivity contribution < 1.29 is 4.79 Å². The van der Waals surface area contributed by atoms with Crippen molar-refractivity contribution in [1.29, 1.82) is 0 Å². The number of amides is 1. The minimum absolute atomic E-state index is 0.258. The maximum Gasteiger partial charge on any atom is 0.233 e. The van der Waals surface area contributed by atoms with Crippen LogP contribution in [0.2, 0.25) is 0 Å². The summed E-state index contributed by atoms with van der Waals surface area (Å²) in [5.74, 6) is 1.99. The van der Waals surface area contributed by atoms with Gasteiger partial charge in [0.25, 0.3) is 0 Å². The van der Waals surface area contributed by atoms with Gasteiger partial charge in [0.1, 0.15) is 0 Å². The van der Waals surface area contributed by atoms with Crippen molar-refractivity contribution in [3.63, 3.8) is 0 Å². The number of imidazole rings is 1. The maximum atomic E-state index is 12.5. The third kappa shape index (κ3) is 4.75. The summed E-state index contributed by atoms with van der Waals surface area (Å²) in [6.07, 6.45) is 3.55. The van der Waals surface area contributed by atoms with Crippen LogP contribution in [0.1, 0.15) is 51.4 Å². The Morgan fingerprint density at radius 2 is 1.91 bits per heavy atom. The molecule has 0 saturated carbocycles. The van der Waals surface area contributed by atoms with Crippen LogP contribution in [0.3, 0.4) is 0 Å². The number of piperidine rings is 1. The van der Waals surface area contributed by atoms with E-state index in [-0.39, 0.29) is 5.91 Å². The summed E-state index contributed by atoms with van der Waals surface area (Å²) in [7, 11) is 0. The van der Waals surface area contributed by atoms with Gasteiger partial charge >= 0.3 is 0 Å². The lowest BCUT2D eigenvalue weighted by Gasteiger charge is -2.35. The zero-order valence-corrected chi connectivity index (χ0v) is 16.1.